The van der Waals surface area contributed by atoms with Gasteiger partial charge < -0.3 is 28.6 Å². The molecule has 2 heterocycles. The van der Waals surface area contributed by atoms with Crippen molar-refractivity contribution < 1.29 is 28.8 Å². The molecule has 170 valence electrons. The first-order chi connectivity index (χ1) is 16.2. The van der Waals surface area contributed by atoms with E-state index in [9.17, 15) is 9.90 Å². The van der Waals surface area contributed by atoms with Crippen LogP contribution in [-0.2, 0) is 11.3 Å². The van der Waals surface area contributed by atoms with E-state index in [1.807, 2.05) is 65.2 Å². The van der Waals surface area contributed by atoms with Crippen LogP contribution in [0.25, 0.3) is 21.8 Å². The highest BCUT2D eigenvalue weighted by Crippen LogP contribution is 2.35. The van der Waals surface area contributed by atoms with Gasteiger partial charge in [-0.05, 0) is 49.6 Å². The normalized spacial score (nSPS) is 12.4. The first kappa shape index (κ1) is 21.0. The molecule has 0 atom stereocenters. The lowest BCUT2D eigenvalue weighted by Gasteiger charge is -2.09. The van der Waals surface area contributed by atoms with Crippen LogP contribution in [-0.4, -0.2) is 35.6 Å². The fraction of sp³-hybridized carbons (Fsp3) is 0.269. The Morgan fingerprint density at radius 2 is 1.52 bits per heavy atom. The van der Waals surface area contributed by atoms with Gasteiger partial charge in [0.05, 0.1) is 18.7 Å². The Morgan fingerprint density at radius 3 is 2.33 bits per heavy atom. The second-order valence-electron chi connectivity index (χ2n) is 7.95. The number of aliphatic carboxylic acids is 1. The highest BCUT2D eigenvalue weighted by Gasteiger charge is 2.14. The number of carbonyl (C=O) groups is 1. The second-order valence-corrected chi connectivity index (χ2v) is 7.95. The number of hydrogen-bond acceptors (Lipinski definition) is 5. The number of carboxylic acids is 1. The van der Waals surface area contributed by atoms with E-state index in [0.717, 1.165) is 64.1 Å². The van der Waals surface area contributed by atoms with Crippen molar-refractivity contribution in [1.29, 1.82) is 0 Å². The molecule has 0 fully saturated rings. The Kier molecular flexibility index (Phi) is 5.93. The number of nitrogens with zero attached hydrogens (tertiary/aromatic N) is 1. The van der Waals surface area contributed by atoms with Crippen molar-refractivity contribution >= 4 is 27.8 Å². The van der Waals surface area contributed by atoms with Gasteiger partial charge in [0, 0.05) is 28.4 Å². The van der Waals surface area contributed by atoms with Gasteiger partial charge in [0.25, 0.3) is 0 Å². The van der Waals surface area contributed by atoms with Gasteiger partial charge in [-0.2, -0.15) is 0 Å². The zero-order chi connectivity index (χ0) is 22.6. The van der Waals surface area contributed by atoms with Crippen LogP contribution < -0.4 is 18.9 Å². The molecule has 7 nitrogen and oxygen atoms in total. The summed E-state index contributed by atoms with van der Waals surface area (Å²) in [4.78, 5) is 11.4. The number of benzene rings is 3. The summed E-state index contributed by atoms with van der Waals surface area (Å²) in [6.07, 6.45) is 2.80. The monoisotopic (exact) mass is 447 g/mol. The fourth-order valence-electron chi connectivity index (χ4n) is 4.15. The number of ether oxygens (including phenoxy) is 4. The maximum Gasteiger partial charge on any atom is 0.323 e. The predicted octanol–water partition coefficient (Wildman–Crippen LogP) is 5.24. The third-order valence-electron chi connectivity index (χ3n) is 5.71. The maximum absolute atomic E-state index is 11.4. The molecule has 0 saturated carbocycles. The maximum atomic E-state index is 11.4. The molecule has 0 amide bonds. The third-order valence-corrected chi connectivity index (χ3v) is 5.71. The number of unbranched alkanes of at least 4 members (excludes halogenated alkanes) is 2. The van der Waals surface area contributed by atoms with Crippen molar-refractivity contribution in [1.82, 2.24) is 4.57 Å². The fourth-order valence-corrected chi connectivity index (χ4v) is 4.15. The van der Waals surface area contributed by atoms with Crippen molar-refractivity contribution in [2.24, 2.45) is 0 Å². The van der Waals surface area contributed by atoms with Crippen LogP contribution >= 0.6 is 0 Å². The molecule has 1 aromatic heterocycles. The van der Waals surface area contributed by atoms with Crippen molar-refractivity contribution in [3.05, 3.63) is 60.7 Å². The molecule has 4 aromatic rings. The molecule has 1 aliphatic heterocycles. The SMILES string of the molecule is O=C(O)Cn1c2ccccc2c2ccc(OCCCCCOc3ccc4c(c3)OCO4)cc21. The van der Waals surface area contributed by atoms with E-state index < -0.39 is 5.97 Å². The van der Waals surface area contributed by atoms with E-state index >= 15 is 0 Å². The number of rotatable bonds is 10. The average Bonchev–Trinajstić information content (AvgIpc) is 3.41. The van der Waals surface area contributed by atoms with Crippen molar-refractivity contribution in [3.63, 3.8) is 0 Å². The van der Waals surface area contributed by atoms with E-state index in [0.29, 0.717) is 13.2 Å². The molecule has 0 spiro atoms. The summed E-state index contributed by atoms with van der Waals surface area (Å²) in [5, 5.41) is 11.4. The van der Waals surface area contributed by atoms with Crippen molar-refractivity contribution in [2.75, 3.05) is 20.0 Å². The molecule has 5 rings (SSSR count). The minimum atomic E-state index is -0.869. The minimum absolute atomic E-state index is 0.0865. The molecule has 0 bridgehead atoms. The Hall–Kier alpha value is -3.87. The number of carboxylic acid groups (broad SMARTS) is 1. The van der Waals surface area contributed by atoms with Crippen molar-refractivity contribution in [3.8, 4) is 23.0 Å². The standard InChI is InChI=1S/C26H25NO6/c28-26(29)16-27-22-7-3-2-6-20(22)21-10-8-18(14-23(21)27)30-12-4-1-5-13-31-19-9-11-24-25(15-19)33-17-32-24/h2-3,6-11,14-15H,1,4-5,12-13,16-17H2,(H,28,29). The minimum Gasteiger partial charge on any atom is -0.494 e. The van der Waals surface area contributed by atoms with Gasteiger partial charge in [0.2, 0.25) is 6.79 Å². The van der Waals surface area contributed by atoms with E-state index in [-0.39, 0.29) is 13.3 Å². The van der Waals surface area contributed by atoms with Gasteiger partial charge >= 0.3 is 5.97 Å². The second kappa shape index (κ2) is 9.32. The lowest BCUT2D eigenvalue weighted by Crippen LogP contribution is -2.08. The Labute approximate surface area is 191 Å². The largest absolute Gasteiger partial charge is 0.494 e. The van der Waals surface area contributed by atoms with E-state index in [1.165, 1.54) is 0 Å². The average molecular weight is 447 g/mol. The number of aromatic nitrogens is 1. The lowest BCUT2D eigenvalue weighted by molar-refractivity contribution is -0.137. The Balaban J connectivity index is 1.13. The zero-order valence-electron chi connectivity index (χ0n) is 18.2. The molecule has 3 aromatic carbocycles. The predicted molar refractivity (Wildman–Crippen MR) is 124 cm³/mol. The summed E-state index contributed by atoms with van der Waals surface area (Å²) in [5.74, 6) is 2.13. The van der Waals surface area contributed by atoms with Crippen molar-refractivity contribution in [2.45, 2.75) is 25.8 Å². The van der Waals surface area contributed by atoms with Gasteiger partial charge in [-0.1, -0.05) is 18.2 Å². The topological polar surface area (TPSA) is 79.2 Å². The molecular formula is C26H25NO6. The van der Waals surface area contributed by atoms with Crippen LogP contribution in [0.2, 0.25) is 0 Å². The van der Waals surface area contributed by atoms with Crippen LogP contribution in [0.1, 0.15) is 19.3 Å². The van der Waals surface area contributed by atoms with Gasteiger partial charge in [0.1, 0.15) is 18.0 Å². The molecule has 0 radical (unpaired) electrons. The van der Waals surface area contributed by atoms with Gasteiger partial charge in [-0.15, -0.1) is 0 Å². The summed E-state index contributed by atoms with van der Waals surface area (Å²) in [6.45, 7) is 1.39. The molecule has 1 aliphatic rings. The van der Waals surface area contributed by atoms with Gasteiger partial charge in [-0.3, -0.25) is 4.79 Å². The van der Waals surface area contributed by atoms with Crippen LogP contribution in [0.3, 0.4) is 0 Å². The van der Waals surface area contributed by atoms with Crippen LogP contribution in [0.15, 0.2) is 60.7 Å². The number of para-hydroxylation sites is 1. The van der Waals surface area contributed by atoms with Crippen LogP contribution in [0, 0.1) is 0 Å². The van der Waals surface area contributed by atoms with E-state index in [1.54, 1.807) is 0 Å². The first-order valence-corrected chi connectivity index (χ1v) is 11.1. The zero-order valence-corrected chi connectivity index (χ0v) is 18.2. The summed E-state index contributed by atoms with van der Waals surface area (Å²) in [6, 6.07) is 19.3. The van der Waals surface area contributed by atoms with Gasteiger partial charge in [0.15, 0.2) is 11.5 Å². The Morgan fingerprint density at radius 1 is 0.818 bits per heavy atom. The Bertz CT molecular complexity index is 1290. The lowest BCUT2D eigenvalue weighted by atomic mass is 10.1. The van der Waals surface area contributed by atoms with Crippen LogP contribution in [0.4, 0.5) is 0 Å². The molecule has 1 N–H and O–H groups in total. The van der Waals surface area contributed by atoms with E-state index in [2.05, 4.69) is 0 Å². The van der Waals surface area contributed by atoms with Crippen LogP contribution in [0.5, 0.6) is 23.0 Å². The quantitative estimate of drug-likeness (QED) is 0.335. The highest BCUT2D eigenvalue weighted by atomic mass is 16.7. The summed E-state index contributed by atoms with van der Waals surface area (Å²) < 4.78 is 24.2. The molecule has 33 heavy (non-hydrogen) atoms. The number of hydrogen-bond donors (Lipinski definition) is 1. The molecular weight excluding hydrogens is 422 g/mol. The highest BCUT2D eigenvalue weighted by molar-refractivity contribution is 6.08. The summed E-state index contributed by atoms with van der Waals surface area (Å²) in [5.41, 5.74) is 1.78. The van der Waals surface area contributed by atoms with E-state index in [4.69, 9.17) is 18.9 Å². The molecule has 7 heteroatoms. The summed E-state index contributed by atoms with van der Waals surface area (Å²) >= 11 is 0. The molecule has 0 aliphatic carbocycles. The summed E-state index contributed by atoms with van der Waals surface area (Å²) in [7, 11) is 0. The first-order valence-electron chi connectivity index (χ1n) is 11.1. The third kappa shape index (κ3) is 4.53. The molecule has 0 unspecified atom stereocenters. The smallest absolute Gasteiger partial charge is 0.323 e. The van der Waals surface area contributed by atoms with Gasteiger partial charge in [-0.25, -0.2) is 0 Å². The molecule has 0 saturated heterocycles. The number of fused-ring (bicyclic) bond motifs is 4.